The zero-order valence-corrected chi connectivity index (χ0v) is 17.2. The van der Waals surface area contributed by atoms with E-state index in [4.69, 9.17) is 4.74 Å². The van der Waals surface area contributed by atoms with Crippen LogP contribution in [0.2, 0.25) is 0 Å². The molecule has 1 N–H and O–H groups in total. The van der Waals surface area contributed by atoms with E-state index in [1.54, 1.807) is 6.08 Å². The lowest BCUT2D eigenvalue weighted by Gasteiger charge is -2.61. The van der Waals surface area contributed by atoms with E-state index in [-0.39, 0.29) is 11.0 Å². The van der Waals surface area contributed by atoms with E-state index in [1.807, 2.05) is 6.08 Å². The fourth-order valence-corrected chi connectivity index (χ4v) is 6.18. The van der Waals surface area contributed by atoms with Crippen LogP contribution in [0.5, 0.6) is 0 Å². The fourth-order valence-electron chi connectivity index (χ4n) is 6.18. The predicted molar refractivity (Wildman–Crippen MR) is 107 cm³/mol. The van der Waals surface area contributed by atoms with Crippen molar-refractivity contribution in [3.63, 3.8) is 0 Å². The third-order valence-electron chi connectivity index (χ3n) is 7.65. The standard InChI is InChI=1S/C23H40O2/c1-8-17-25-21(5,9-2)15-11-19-22(6)14-10-13-20(3,4)18(22)12-16-23(19,7)24/h8-9,18-19,24H,1-2,10-17H2,3-7H3/t18-,19+,21-,22-,23+/m0/s1. The van der Waals surface area contributed by atoms with Gasteiger partial charge < -0.3 is 9.84 Å². The molecule has 0 bridgehead atoms. The molecule has 0 aliphatic heterocycles. The van der Waals surface area contributed by atoms with Crippen molar-refractivity contribution in [3.8, 4) is 0 Å². The Labute approximate surface area is 155 Å². The second-order valence-electron chi connectivity index (χ2n) is 10.0. The van der Waals surface area contributed by atoms with Gasteiger partial charge in [0.05, 0.1) is 17.8 Å². The van der Waals surface area contributed by atoms with Crippen LogP contribution in [-0.4, -0.2) is 22.9 Å². The number of hydrogen-bond donors (Lipinski definition) is 1. The summed E-state index contributed by atoms with van der Waals surface area (Å²) in [4.78, 5) is 0. The number of rotatable bonds is 7. The van der Waals surface area contributed by atoms with Crippen LogP contribution in [-0.2, 0) is 4.74 Å². The molecule has 2 nitrogen and oxygen atoms in total. The van der Waals surface area contributed by atoms with Gasteiger partial charge in [-0.15, -0.1) is 13.2 Å². The maximum Gasteiger partial charge on any atom is 0.0836 e. The van der Waals surface area contributed by atoms with Gasteiger partial charge in [-0.1, -0.05) is 39.3 Å². The van der Waals surface area contributed by atoms with E-state index in [0.717, 1.165) is 25.7 Å². The third-order valence-corrected chi connectivity index (χ3v) is 7.65. The molecule has 5 atom stereocenters. The SMILES string of the molecule is C=CCO[C@@](C)(C=C)CC[C@@H]1[C@@]2(C)CCCC(C)(C)[C@@H]2CC[C@@]1(C)O. The molecular formula is C23H40O2. The van der Waals surface area contributed by atoms with Crippen LogP contribution < -0.4 is 0 Å². The van der Waals surface area contributed by atoms with Gasteiger partial charge in [0.2, 0.25) is 0 Å². The van der Waals surface area contributed by atoms with Crippen LogP contribution in [0.1, 0.15) is 79.6 Å². The Hall–Kier alpha value is -0.600. The first-order valence-corrected chi connectivity index (χ1v) is 10.1. The number of aliphatic hydroxyl groups is 1. The molecular weight excluding hydrogens is 308 g/mol. The third kappa shape index (κ3) is 4.06. The minimum atomic E-state index is -0.584. The molecule has 2 saturated carbocycles. The molecule has 144 valence electrons. The van der Waals surface area contributed by atoms with Gasteiger partial charge in [0.25, 0.3) is 0 Å². The summed E-state index contributed by atoms with van der Waals surface area (Å²) in [5.41, 5.74) is -0.343. The maximum atomic E-state index is 11.3. The Bertz CT molecular complexity index is 492. The van der Waals surface area contributed by atoms with E-state index >= 15 is 0 Å². The highest BCUT2D eigenvalue weighted by atomic mass is 16.5. The van der Waals surface area contributed by atoms with Crippen LogP contribution in [0.15, 0.2) is 25.3 Å². The lowest BCUT2D eigenvalue weighted by Crippen LogP contribution is -2.57. The van der Waals surface area contributed by atoms with Crippen molar-refractivity contribution in [1.29, 1.82) is 0 Å². The van der Waals surface area contributed by atoms with Crippen LogP contribution in [0.25, 0.3) is 0 Å². The van der Waals surface area contributed by atoms with Crippen molar-refractivity contribution in [2.24, 2.45) is 22.7 Å². The lowest BCUT2D eigenvalue weighted by atomic mass is 9.45. The lowest BCUT2D eigenvalue weighted by molar-refractivity contribution is -0.172. The molecule has 2 aliphatic carbocycles. The van der Waals surface area contributed by atoms with E-state index in [9.17, 15) is 5.11 Å². The molecule has 0 spiro atoms. The molecule has 0 radical (unpaired) electrons. The molecule has 2 fully saturated rings. The zero-order chi connectivity index (χ0) is 18.9. The highest BCUT2D eigenvalue weighted by molar-refractivity contribution is 5.08. The fraction of sp³-hybridized carbons (Fsp3) is 0.826. The minimum absolute atomic E-state index is 0.212. The summed E-state index contributed by atoms with van der Waals surface area (Å²) < 4.78 is 5.98. The van der Waals surface area contributed by atoms with E-state index < -0.39 is 5.60 Å². The molecule has 25 heavy (non-hydrogen) atoms. The van der Waals surface area contributed by atoms with Crippen molar-refractivity contribution in [3.05, 3.63) is 25.3 Å². The first-order valence-electron chi connectivity index (χ1n) is 10.1. The molecule has 0 aromatic carbocycles. The van der Waals surface area contributed by atoms with Crippen molar-refractivity contribution < 1.29 is 9.84 Å². The molecule has 2 aliphatic rings. The summed E-state index contributed by atoms with van der Waals surface area (Å²) in [6.45, 7) is 19.8. The van der Waals surface area contributed by atoms with Gasteiger partial charge >= 0.3 is 0 Å². The summed E-state index contributed by atoms with van der Waals surface area (Å²) in [6.07, 6.45) is 11.5. The second kappa shape index (κ2) is 7.19. The van der Waals surface area contributed by atoms with Crippen molar-refractivity contribution in [2.45, 2.75) is 90.8 Å². The molecule has 0 aromatic heterocycles. The average Bonchev–Trinajstić information content (AvgIpc) is 2.50. The molecule has 2 rings (SSSR count). The molecule has 2 heteroatoms. The Morgan fingerprint density at radius 2 is 1.84 bits per heavy atom. The van der Waals surface area contributed by atoms with E-state index in [0.29, 0.717) is 23.9 Å². The number of hydrogen-bond acceptors (Lipinski definition) is 2. The highest BCUT2D eigenvalue weighted by Gasteiger charge is 2.57. The molecule has 0 aromatic rings. The van der Waals surface area contributed by atoms with E-state index in [1.165, 1.54) is 19.3 Å². The smallest absolute Gasteiger partial charge is 0.0836 e. The molecule has 0 unspecified atom stereocenters. The van der Waals surface area contributed by atoms with Gasteiger partial charge in [-0.2, -0.15) is 0 Å². The number of fused-ring (bicyclic) bond motifs is 1. The van der Waals surface area contributed by atoms with Crippen molar-refractivity contribution in [1.82, 2.24) is 0 Å². The predicted octanol–water partition coefficient (Wildman–Crippen LogP) is 5.91. The minimum Gasteiger partial charge on any atom is -0.390 e. The first-order chi connectivity index (χ1) is 11.5. The molecule has 0 saturated heterocycles. The average molecular weight is 349 g/mol. The Morgan fingerprint density at radius 1 is 1.16 bits per heavy atom. The first kappa shape index (κ1) is 20.7. The summed E-state index contributed by atoms with van der Waals surface area (Å²) in [5, 5.41) is 11.3. The van der Waals surface area contributed by atoms with Crippen LogP contribution in [0, 0.1) is 22.7 Å². The summed E-state index contributed by atoms with van der Waals surface area (Å²) in [6, 6.07) is 0. The summed E-state index contributed by atoms with van der Waals surface area (Å²) >= 11 is 0. The maximum absolute atomic E-state index is 11.3. The van der Waals surface area contributed by atoms with Crippen molar-refractivity contribution in [2.75, 3.05) is 6.61 Å². The molecule has 0 heterocycles. The van der Waals surface area contributed by atoms with Crippen LogP contribution in [0.3, 0.4) is 0 Å². The summed E-state index contributed by atoms with van der Waals surface area (Å²) in [5.74, 6) is 1.01. The Kier molecular flexibility index (Phi) is 5.96. The largest absolute Gasteiger partial charge is 0.390 e. The van der Waals surface area contributed by atoms with Crippen LogP contribution in [0.4, 0.5) is 0 Å². The second-order valence-corrected chi connectivity index (χ2v) is 10.0. The van der Waals surface area contributed by atoms with E-state index in [2.05, 4.69) is 47.8 Å². The van der Waals surface area contributed by atoms with Gasteiger partial charge in [-0.3, -0.25) is 0 Å². The topological polar surface area (TPSA) is 29.5 Å². The quantitative estimate of drug-likeness (QED) is 0.580. The van der Waals surface area contributed by atoms with Crippen LogP contribution >= 0.6 is 0 Å². The Balaban J connectivity index is 2.23. The van der Waals surface area contributed by atoms with Gasteiger partial charge in [-0.25, -0.2) is 0 Å². The summed E-state index contributed by atoms with van der Waals surface area (Å²) in [7, 11) is 0. The molecule has 0 amide bonds. The van der Waals surface area contributed by atoms with Gasteiger partial charge in [-0.05, 0) is 75.0 Å². The van der Waals surface area contributed by atoms with Gasteiger partial charge in [0, 0.05) is 0 Å². The Morgan fingerprint density at radius 3 is 2.44 bits per heavy atom. The highest BCUT2D eigenvalue weighted by Crippen LogP contribution is 2.63. The van der Waals surface area contributed by atoms with Gasteiger partial charge in [0.1, 0.15) is 0 Å². The number of ether oxygens (including phenoxy) is 1. The zero-order valence-electron chi connectivity index (χ0n) is 17.2. The monoisotopic (exact) mass is 348 g/mol. The normalized spacial score (nSPS) is 39.9. The van der Waals surface area contributed by atoms with Crippen molar-refractivity contribution >= 4 is 0 Å². The van der Waals surface area contributed by atoms with Gasteiger partial charge in [0.15, 0.2) is 0 Å².